The maximum absolute atomic E-state index is 5.26. The molecule has 0 aliphatic heterocycles. The number of terminal acetylenes is 1. The lowest BCUT2D eigenvalue weighted by atomic mass is 10.0. The summed E-state index contributed by atoms with van der Waals surface area (Å²) in [5.41, 5.74) is 1.15. The van der Waals surface area contributed by atoms with Gasteiger partial charge in [-0.2, -0.15) is 0 Å². The molecule has 0 fully saturated rings. The molecular weight excluding hydrogens is 196 g/mol. The Hall–Kier alpha value is -1.33. The number of hydrogen-bond donors (Lipinski definition) is 1. The Bertz CT molecular complexity index is 313. The molecule has 1 atom stereocenters. The van der Waals surface area contributed by atoms with Gasteiger partial charge in [0.05, 0.1) is 0 Å². The Morgan fingerprint density at radius 3 is 3.00 bits per heavy atom. The number of pyridine rings is 1. The van der Waals surface area contributed by atoms with Crippen molar-refractivity contribution in [2.75, 3.05) is 6.54 Å². The molecule has 0 aliphatic rings. The van der Waals surface area contributed by atoms with Gasteiger partial charge >= 0.3 is 0 Å². The van der Waals surface area contributed by atoms with E-state index < -0.39 is 0 Å². The number of aromatic nitrogens is 1. The minimum atomic E-state index is 0.494. The maximum Gasteiger partial charge on any atom is 0.0419 e. The summed E-state index contributed by atoms with van der Waals surface area (Å²) in [5.74, 6) is 2.69. The summed E-state index contributed by atoms with van der Waals surface area (Å²) in [6, 6.07) is 6.55. The van der Waals surface area contributed by atoms with Crippen molar-refractivity contribution >= 4 is 0 Å². The van der Waals surface area contributed by atoms with Crippen molar-refractivity contribution in [3.63, 3.8) is 0 Å². The van der Waals surface area contributed by atoms with E-state index in [2.05, 4.69) is 29.2 Å². The summed E-state index contributed by atoms with van der Waals surface area (Å²) in [6.45, 7) is 3.13. The highest BCUT2D eigenvalue weighted by atomic mass is 14.9. The van der Waals surface area contributed by atoms with E-state index in [0.29, 0.717) is 6.04 Å². The number of nitrogens with zero attached hydrogens (tertiary/aromatic N) is 1. The van der Waals surface area contributed by atoms with Gasteiger partial charge in [-0.15, -0.1) is 12.3 Å². The molecule has 16 heavy (non-hydrogen) atoms. The Balaban J connectivity index is 2.41. The first kappa shape index (κ1) is 12.7. The first-order valence-corrected chi connectivity index (χ1v) is 5.93. The lowest BCUT2D eigenvalue weighted by Crippen LogP contribution is -2.31. The summed E-state index contributed by atoms with van der Waals surface area (Å²) in [7, 11) is 0. The second-order valence-corrected chi connectivity index (χ2v) is 3.88. The zero-order chi connectivity index (χ0) is 11.6. The summed E-state index contributed by atoms with van der Waals surface area (Å²) in [4.78, 5) is 4.35. The van der Waals surface area contributed by atoms with Crippen LogP contribution in [0, 0.1) is 12.3 Å². The van der Waals surface area contributed by atoms with Crippen LogP contribution < -0.4 is 5.32 Å². The Labute approximate surface area is 98.5 Å². The van der Waals surface area contributed by atoms with E-state index in [9.17, 15) is 0 Å². The van der Waals surface area contributed by atoms with Crippen LogP contribution in [0.3, 0.4) is 0 Å². The largest absolute Gasteiger partial charge is 0.314 e. The summed E-state index contributed by atoms with van der Waals surface area (Å²) >= 11 is 0. The standard InChI is InChI=1S/C14H20N2/c1-3-5-6-9-13(15-4-2)12-14-10-7-8-11-16-14/h1,7-8,10-11,13,15H,4-6,9,12H2,2H3. The van der Waals surface area contributed by atoms with Crippen LogP contribution in [0.1, 0.15) is 31.9 Å². The number of unbranched alkanes of at least 4 members (excludes halogenated alkanes) is 1. The van der Waals surface area contributed by atoms with Crippen LogP contribution in [0.15, 0.2) is 24.4 Å². The van der Waals surface area contributed by atoms with Crippen LogP contribution in [0.2, 0.25) is 0 Å². The molecule has 0 radical (unpaired) electrons. The molecular formula is C14H20N2. The van der Waals surface area contributed by atoms with Gasteiger partial charge in [-0.05, 0) is 31.5 Å². The van der Waals surface area contributed by atoms with Crippen molar-refractivity contribution in [1.29, 1.82) is 0 Å². The quantitative estimate of drug-likeness (QED) is 0.559. The van der Waals surface area contributed by atoms with E-state index in [-0.39, 0.29) is 0 Å². The van der Waals surface area contributed by atoms with Crippen molar-refractivity contribution in [3.05, 3.63) is 30.1 Å². The summed E-state index contributed by atoms with van der Waals surface area (Å²) in [5, 5.41) is 3.48. The van der Waals surface area contributed by atoms with E-state index in [4.69, 9.17) is 6.42 Å². The van der Waals surface area contributed by atoms with Crippen molar-refractivity contribution in [1.82, 2.24) is 10.3 Å². The lowest BCUT2D eigenvalue weighted by Gasteiger charge is -2.16. The van der Waals surface area contributed by atoms with Gasteiger partial charge in [0.2, 0.25) is 0 Å². The molecule has 2 heteroatoms. The molecule has 0 aromatic carbocycles. The number of likely N-dealkylation sites (N-methyl/N-ethyl adjacent to an activating group) is 1. The van der Waals surface area contributed by atoms with Crippen molar-refractivity contribution in [2.24, 2.45) is 0 Å². The van der Waals surface area contributed by atoms with Crippen molar-refractivity contribution in [3.8, 4) is 12.3 Å². The van der Waals surface area contributed by atoms with Crippen molar-refractivity contribution < 1.29 is 0 Å². The first-order chi connectivity index (χ1) is 7.86. The third kappa shape index (κ3) is 4.95. The average molecular weight is 216 g/mol. The molecule has 0 spiro atoms. The van der Waals surface area contributed by atoms with Gasteiger partial charge < -0.3 is 5.32 Å². The number of nitrogens with one attached hydrogen (secondary N) is 1. The first-order valence-electron chi connectivity index (χ1n) is 5.93. The van der Waals surface area contributed by atoms with Crippen molar-refractivity contribution in [2.45, 2.75) is 38.6 Å². The van der Waals surface area contributed by atoms with Crippen LogP contribution in [-0.4, -0.2) is 17.6 Å². The molecule has 1 heterocycles. The second-order valence-electron chi connectivity index (χ2n) is 3.88. The lowest BCUT2D eigenvalue weighted by molar-refractivity contribution is 0.475. The van der Waals surface area contributed by atoms with E-state index in [0.717, 1.165) is 37.9 Å². The highest BCUT2D eigenvalue weighted by molar-refractivity contribution is 5.05. The smallest absolute Gasteiger partial charge is 0.0419 e. The predicted octanol–water partition coefficient (Wildman–Crippen LogP) is 2.41. The van der Waals surface area contributed by atoms with Gasteiger partial charge in [0.25, 0.3) is 0 Å². The zero-order valence-electron chi connectivity index (χ0n) is 9.95. The molecule has 1 aromatic rings. The van der Waals surface area contributed by atoms with Crippen LogP contribution in [0.5, 0.6) is 0 Å². The van der Waals surface area contributed by atoms with Crippen LogP contribution in [0.4, 0.5) is 0 Å². The van der Waals surface area contributed by atoms with Crippen LogP contribution in [-0.2, 0) is 6.42 Å². The molecule has 1 rings (SSSR count). The van der Waals surface area contributed by atoms with E-state index in [1.165, 1.54) is 0 Å². The fourth-order valence-corrected chi connectivity index (χ4v) is 1.79. The van der Waals surface area contributed by atoms with Gasteiger partial charge in [-0.3, -0.25) is 4.98 Å². The SMILES string of the molecule is C#CCCCC(Cc1ccccn1)NCC. The van der Waals surface area contributed by atoms with E-state index >= 15 is 0 Å². The molecule has 0 saturated heterocycles. The fourth-order valence-electron chi connectivity index (χ4n) is 1.79. The zero-order valence-corrected chi connectivity index (χ0v) is 9.95. The molecule has 1 aromatic heterocycles. The highest BCUT2D eigenvalue weighted by Crippen LogP contribution is 2.06. The molecule has 2 nitrogen and oxygen atoms in total. The topological polar surface area (TPSA) is 24.9 Å². The number of hydrogen-bond acceptors (Lipinski definition) is 2. The van der Waals surface area contributed by atoms with Gasteiger partial charge in [-0.25, -0.2) is 0 Å². The summed E-state index contributed by atoms with van der Waals surface area (Å²) < 4.78 is 0. The van der Waals surface area contributed by atoms with Gasteiger partial charge in [0.1, 0.15) is 0 Å². The molecule has 1 unspecified atom stereocenters. The number of rotatable bonds is 7. The second kappa shape index (κ2) is 7.90. The fraction of sp³-hybridized carbons (Fsp3) is 0.500. The highest BCUT2D eigenvalue weighted by Gasteiger charge is 2.08. The molecule has 86 valence electrons. The third-order valence-electron chi connectivity index (χ3n) is 2.55. The Morgan fingerprint density at radius 2 is 2.38 bits per heavy atom. The van der Waals surface area contributed by atoms with E-state index in [1.54, 1.807) is 0 Å². The van der Waals surface area contributed by atoms with Gasteiger partial charge in [-0.1, -0.05) is 13.0 Å². The van der Waals surface area contributed by atoms with Crippen LogP contribution >= 0.6 is 0 Å². The molecule has 1 N–H and O–H groups in total. The van der Waals surface area contributed by atoms with Crippen LogP contribution in [0.25, 0.3) is 0 Å². The third-order valence-corrected chi connectivity index (χ3v) is 2.55. The normalized spacial score (nSPS) is 12.0. The Kier molecular flexibility index (Phi) is 6.29. The average Bonchev–Trinajstić information content (AvgIpc) is 2.31. The molecule has 0 amide bonds. The monoisotopic (exact) mass is 216 g/mol. The molecule has 0 bridgehead atoms. The predicted molar refractivity (Wildman–Crippen MR) is 68.1 cm³/mol. The minimum absolute atomic E-state index is 0.494. The maximum atomic E-state index is 5.26. The Morgan fingerprint density at radius 1 is 1.50 bits per heavy atom. The summed E-state index contributed by atoms with van der Waals surface area (Å²) in [6.07, 6.45) is 11.2. The van der Waals surface area contributed by atoms with Gasteiger partial charge in [0.15, 0.2) is 0 Å². The van der Waals surface area contributed by atoms with E-state index in [1.807, 2.05) is 18.3 Å². The molecule has 0 saturated carbocycles. The minimum Gasteiger partial charge on any atom is -0.314 e. The molecule has 0 aliphatic carbocycles. The van der Waals surface area contributed by atoms with Gasteiger partial charge in [0, 0.05) is 30.8 Å².